The molecule has 1 aliphatic rings. The third kappa shape index (κ3) is 2.18. The number of fused-ring (bicyclic) bond motifs is 3. The lowest BCUT2D eigenvalue weighted by Crippen LogP contribution is -1.98. The quantitative estimate of drug-likeness (QED) is 0.739. The van der Waals surface area contributed by atoms with Gasteiger partial charge in [-0.2, -0.15) is 0 Å². The Balaban J connectivity index is 1.79. The second-order valence-corrected chi connectivity index (χ2v) is 6.61. The summed E-state index contributed by atoms with van der Waals surface area (Å²) in [5.74, 6) is 0.901. The molecule has 0 fully saturated rings. The average Bonchev–Trinajstić information content (AvgIpc) is 3.08. The van der Waals surface area contributed by atoms with E-state index in [4.69, 9.17) is 0 Å². The molecule has 2 heterocycles. The van der Waals surface area contributed by atoms with Crippen LogP contribution >= 0.6 is 11.3 Å². The van der Waals surface area contributed by atoms with E-state index in [1.165, 1.54) is 16.9 Å². The second kappa shape index (κ2) is 5.18. The number of aryl methyl sites for hydroxylation is 2. The van der Waals surface area contributed by atoms with Crippen molar-refractivity contribution in [2.75, 3.05) is 5.32 Å². The van der Waals surface area contributed by atoms with Crippen LogP contribution in [0, 0.1) is 0 Å². The highest BCUT2D eigenvalue weighted by atomic mass is 32.1. The molecule has 0 bridgehead atoms. The van der Waals surface area contributed by atoms with E-state index >= 15 is 0 Å². The van der Waals surface area contributed by atoms with Crippen molar-refractivity contribution >= 4 is 38.8 Å². The summed E-state index contributed by atoms with van der Waals surface area (Å²) in [6.07, 6.45) is 5.07. The van der Waals surface area contributed by atoms with Crippen molar-refractivity contribution in [3.8, 4) is 0 Å². The van der Waals surface area contributed by atoms with Crippen molar-refractivity contribution in [1.29, 1.82) is 0 Å². The second-order valence-electron chi connectivity index (χ2n) is 5.52. The van der Waals surface area contributed by atoms with Gasteiger partial charge in [0.1, 0.15) is 17.0 Å². The Hall–Kier alpha value is -2.27. The first kappa shape index (κ1) is 13.4. The lowest BCUT2D eigenvalue weighted by Gasteiger charge is -2.08. The number of hydrogen-bond acceptors (Lipinski definition) is 5. The van der Waals surface area contributed by atoms with Gasteiger partial charge in [0, 0.05) is 16.1 Å². The van der Waals surface area contributed by atoms with Crippen LogP contribution in [0.1, 0.15) is 34.1 Å². The van der Waals surface area contributed by atoms with Gasteiger partial charge in [0.2, 0.25) is 0 Å². The number of nitrogens with zero attached hydrogens (tertiary/aromatic N) is 2. The SMILES string of the molecule is CC(=O)c1cccc(Nc2ncnc3sc4c(c23)CCC4)c1. The summed E-state index contributed by atoms with van der Waals surface area (Å²) in [6.45, 7) is 1.58. The number of benzene rings is 1. The van der Waals surface area contributed by atoms with E-state index in [1.807, 2.05) is 24.3 Å². The summed E-state index contributed by atoms with van der Waals surface area (Å²) >= 11 is 1.77. The predicted molar refractivity (Wildman–Crippen MR) is 89.2 cm³/mol. The summed E-state index contributed by atoms with van der Waals surface area (Å²) in [6, 6.07) is 7.52. The number of ketones is 1. The minimum Gasteiger partial charge on any atom is -0.340 e. The standard InChI is InChI=1S/C17H15N3OS/c1-10(21)11-4-2-5-12(8-11)20-16-15-13-6-3-7-14(13)22-17(15)19-9-18-16/h2,4-5,8-9H,3,6-7H2,1H3,(H,18,19,20). The topological polar surface area (TPSA) is 54.9 Å². The van der Waals surface area contributed by atoms with Crippen molar-refractivity contribution in [3.05, 3.63) is 46.6 Å². The highest BCUT2D eigenvalue weighted by molar-refractivity contribution is 7.19. The smallest absolute Gasteiger partial charge is 0.159 e. The van der Waals surface area contributed by atoms with E-state index in [0.717, 1.165) is 34.6 Å². The molecule has 2 aromatic heterocycles. The highest BCUT2D eigenvalue weighted by Crippen LogP contribution is 2.39. The molecule has 1 aliphatic carbocycles. The monoisotopic (exact) mass is 309 g/mol. The molecule has 5 heteroatoms. The maximum absolute atomic E-state index is 11.5. The minimum atomic E-state index is 0.0629. The van der Waals surface area contributed by atoms with Crippen LogP contribution in [0.5, 0.6) is 0 Å². The zero-order valence-corrected chi connectivity index (χ0v) is 13.0. The Morgan fingerprint density at radius 2 is 2.18 bits per heavy atom. The first-order valence-corrected chi connectivity index (χ1v) is 8.17. The number of aromatic nitrogens is 2. The molecule has 22 heavy (non-hydrogen) atoms. The molecule has 3 aromatic rings. The van der Waals surface area contributed by atoms with Crippen LogP contribution in [-0.4, -0.2) is 15.8 Å². The fourth-order valence-corrected chi connectivity index (χ4v) is 4.20. The van der Waals surface area contributed by atoms with Crippen LogP contribution in [0.15, 0.2) is 30.6 Å². The summed E-state index contributed by atoms with van der Waals surface area (Å²) in [5, 5.41) is 4.51. The van der Waals surface area contributed by atoms with Gasteiger partial charge in [0.05, 0.1) is 5.39 Å². The van der Waals surface area contributed by atoms with E-state index in [0.29, 0.717) is 5.56 Å². The maximum Gasteiger partial charge on any atom is 0.159 e. The molecule has 1 N–H and O–H groups in total. The van der Waals surface area contributed by atoms with Gasteiger partial charge in [-0.3, -0.25) is 4.79 Å². The number of carbonyl (C=O) groups excluding carboxylic acids is 1. The fraction of sp³-hybridized carbons (Fsp3) is 0.235. The molecule has 0 radical (unpaired) electrons. The van der Waals surface area contributed by atoms with E-state index in [2.05, 4.69) is 15.3 Å². The fourth-order valence-electron chi connectivity index (χ4n) is 2.98. The van der Waals surface area contributed by atoms with Crippen LogP contribution in [0.4, 0.5) is 11.5 Å². The van der Waals surface area contributed by atoms with E-state index in [9.17, 15) is 4.79 Å². The summed E-state index contributed by atoms with van der Waals surface area (Å²) < 4.78 is 0. The van der Waals surface area contributed by atoms with Crippen molar-refractivity contribution in [2.45, 2.75) is 26.2 Å². The van der Waals surface area contributed by atoms with E-state index in [-0.39, 0.29) is 5.78 Å². The normalized spacial score (nSPS) is 13.3. The number of nitrogens with one attached hydrogen (secondary N) is 1. The molecule has 4 rings (SSSR count). The Bertz CT molecular complexity index is 885. The van der Waals surface area contributed by atoms with Gasteiger partial charge in [0.15, 0.2) is 5.78 Å². The highest BCUT2D eigenvalue weighted by Gasteiger charge is 2.21. The Morgan fingerprint density at radius 3 is 3.05 bits per heavy atom. The minimum absolute atomic E-state index is 0.0629. The number of carbonyl (C=O) groups is 1. The molecular formula is C17H15N3OS. The maximum atomic E-state index is 11.5. The van der Waals surface area contributed by atoms with Crippen LogP contribution < -0.4 is 5.32 Å². The van der Waals surface area contributed by atoms with Crippen molar-refractivity contribution < 1.29 is 4.79 Å². The van der Waals surface area contributed by atoms with Crippen molar-refractivity contribution in [2.24, 2.45) is 0 Å². The third-order valence-electron chi connectivity index (χ3n) is 4.03. The summed E-state index contributed by atoms with van der Waals surface area (Å²) in [5.41, 5.74) is 2.97. The lowest BCUT2D eigenvalue weighted by atomic mass is 10.1. The Labute approximate surface area is 132 Å². The van der Waals surface area contributed by atoms with Crippen LogP contribution in [-0.2, 0) is 12.8 Å². The molecule has 1 aromatic carbocycles. The zero-order valence-electron chi connectivity index (χ0n) is 12.2. The number of anilines is 2. The predicted octanol–water partition coefficient (Wildman–Crippen LogP) is 4.13. The largest absolute Gasteiger partial charge is 0.340 e. The first-order chi connectivity index (χ1) is 10.7. The molecule has 4 nitrogen and oxygen atoms in total. The molecule has 0 spiro atoms. The van der Waals surface area contributed by atoms with Gasteiger partial charge in [-0.1, -0.05) is 12.1 Å². The van der Waals surface area contributed by atoms with Gasteiger partial charge < -0.3 is 5.32 Å². The zero-order chi connectivity index (χ0) is 15.1. The summed E-state index contributed by atoms with van der Waals surface area (Å²) in [4.78, 5) is 22.8. The summed E-state index contributed by atoms with van der Waals surface area (Å²) in [7, 11) is 0. The van der Waals surface area contributed by atoms with Gasteiger partial charge >= 0.3 is 0 Å². The van der Waals surface area contributed by atoms with Gasteiger partial charge in [-0.15, -0.1) is 11.3 Å². The van der Waals surface area contributed by atoms with Gasteiger partial charge in [-0.05, 0) is 43.9 Å². The number of hydrogen-bond donors (Lipinski definition) is 1. The molecule has 0 unspecified atom stereocenters. The molecule has 0 amide bonds. The number of rotatable bonds is 3. The van der Waals surface area contributed by atoms with Crippen molar-refractivity contribution in [1.82, 2.24) is 9.97 Å². The number of Topliss-reactive ketones (excluding diaryl/α,β-unsaturated/α-hetero) is 1. The Morgan fingerprint density at radius 1 is 1.27 bits per heavy atom. The number of thiophene rings is 1. The molecule has 0 saturated carbocycles. The average molecular weight is 309 g/mol. The van der Waals surface area contributed by atoms with E-state index in [1.54, 1.807) is 24.6 Å². The lowest BCUT2D eigenvalue weighted by molar-refractivity contribution is 0.101. The van der Waals surface area contributed by atoms with Gasteiger partial charge in [-0.25, -0.2) is 9.97 Å². The van der Waals surface area contributed by atoms with Crippen LogP contribution in [0.3, 0.4) is 0 Å². The third-order valence-corrected chi connectivity index (χ3v) is 5.23. The van der Waals surface area contributed by atoms with E-state index < -0.39 is 0 Å². The first-order valence-electron chi connectivity index (χ1n) is 7.35. The molecular weight excluding hydrogens is 294 g/mol. The molecule has 0 atom stereocenters. The molecule has 0 saturated heterocycles. The van der Waals surface area contributed by atoms with Crippen LogP contribution in [0.2, 0.25) is 0 Å². The van der Waals surface area contributed by atoms with Crippen molar-refractivity contribution in [3.63, 3.8) is 0 Å². The van der Waals surface area contributed by atoms with Crippen LogP contribution in [0.25, 0.3) is 10.2 Å². The Kier molecular flexibility index (Phi) is 3.15. The molecule has 0 aliphatic heterocycles. The molecule has 110 valence electrons. The van der Waals surface area contributed by atoms with Gasteiger partial charge in [0.25, 0.3) is 0 Å².